The summed E-state index contributed by atoms with van der Waals surface area (Å²) >= 11 is 0. The Labute approximate surface area is 83.7 Å². The molecule has 0 spiro atoms. The summed E-state index contributed by atoms with van der Waals surface area (Å²) in [6, 6.07) is 0. The van der Waals surface area contributed by atoms with E-state index in [0.717, 1.165) is 0 Å². The van der Waals surface area contributed by atoms with Gasteiger partial charge < -0.3 is 14.6 Å². The fourth-order valence-corrected chi connectivity index (χ4v) is 0. The molecule has 10 heteroatoms. The summed E-state index contributed by atoms with van der Waals surface area (Å²) in [6.07, 6.45) is 1.21. The van der Waals surface area contributed by atoms with Gasteiger partial charge in [0.2, 0.25) is 0 Å². The zero-order valence-electron chi connectivity index (χ0n) is 6.47. The van der Waals surface area contributed by atoms with Crippen molar-refractivity contribution < 1.29 is 50.9 Å². The molecular weight excluding hydrogens is 266 g/mol. The average Bonchev–Trinajstić information content (AvgIpc) is 1.12. The maximum atomic E-state index is 9.08. The Balaban J connectivity index is -0.0000000457. The van der Waals surface area contributed by atoms with Crippen LogP contribution in [0.5, 0.6) is 0 Å². The third-order valence-corrected chi connectivity index (χ3v) is 0. The van der Waals surface area contributed by atoms with Gasteiger partial charge in [-0.05, 0) is 0 Å². The van der Waals surface area contributed by atoms with Crippen LogP contribution in [0.15, 0.2) is 0 Å². The first kappa shape index (κ1) is 22.8. The van der Waals surface area contributed by atoms with Gasteiger partial charge in [0.1, 0.15) is 0 Å². The Bertz CT molecular complexity index is 216. The molecule has 0 aromatic heterocycles. The molecule has 0 atom stereocenters. The SMILES string of the molecule is CS(=O)(=O)[O-].CS(=O)(=O)[O-].O.[Zn+2]. The fourth-order valence-electron chi connectivity index (χ4n) is 0. The molecule has 0 bridgehead atoms. The molecule has 0 fully saturated rings. The quantitative estimate of drug-likeness (QED) is 0.352. The van der Waals surface area contributed by atoms with Crippen molar-refractivity contribution in [1.82, 2.24) is 0 Å². The normalized spacial score (nSPS) is 9.67. The topological polar surface area (TPSA) is 146 Å². The van der Waals surface area contributed by atoms with Crippen LogP contribution in [0.4, 0.5) is 0 Å². The maximum Gasteiger partial charge on any atom is 2.00 e. The predicted molar refractivity (Wildman–Crippen MR) is 34.9 cm³/mol. The largest absolute Gasteiger partial charge is 2.00 e. The minimum Gasteiger partial charge on any atom is -0.748 e. The van der Waals surface area contributed by atoms with Gasteiger partial charge >= 0.3 is 19.5 Å². The summed E-state index contributed by atoms with van der Waals surface area (Å²) in [6.45, 7) is 0. The molecule has 0 unspecified atom stereocenters. The van der Waals surface area contributed by atoms with E-state index in [9.17, 15) is 0 Å². The molecule has 0 aromatic rings. The Morgan fingerprint density at radius 2 is 0.833 bits per heavy atom. The van der Waals surface area contributed by atoms with Crippen LogP contribution in [0.25, 0.3) is 0 Å². The van der Waals surface area contributed by atoms with Gasteiger partial charge in [0.05, 0.1) is 20.2 Å². The molecule has 0 amide bonds. The molecule has 2 N–H and O–H groups in total. The maximum absolute atomic E-state index is 9.08. The number of hydrogen-bond acceptors (Lipinski definition) is 6. The number of rotatable bonds is 0. The molecule has 0 saturated heterocycles. The van der Waals surface area contributed by atoms with Crippen molar-refractivity contribution in [3.8, 4) is 0 Å². The first-order valence-corrected chi connectivity index (χ1v) is 5.45. The molecule has 7 nitrogen and oxygen atoms in total. The summed E-state index contributed by atoms with van der Waals surface area (Å²) in [5, 5.41) is 0. The van der Waals surface area contributed by atoms with Gasteiger partial charge in [0.25, 0.3) is 0 Å². The van der Waals surface area contributed by atoms with E-state index in [2.05, 4.69) is 0 Å². The summed E-state index contributed by atoms with van der Waals surface area (Å²) in [4.78, 5) is 0. The Morgan fingerprint density at radius 1 is 0.833 bits per heavy atom. The molecule has 0 radical (unpaired) electrons. The standard InChI is InChI=1S/2CH4O3S.H2O.Zn/c2*1-5(2,3)4;;/h2*1H3,(H,2,3,4);1H2;/q;;;+2/p-2. The van der Waals surface area contributed by atoms with Crippen LogP contribution >= 0.6 is 0 Å². The third kappa shape index (κ3) is 5650. The predicted octanol–water partition coefficient (Wildman–Crippen LogP) is -2.50. The minimum atomic E-state index is -3.92. The molecule has 72 valence electrons. The molecule has 0 saturated carbocycles. The molecular formula is C2H8O7S2Zn. The van der Waals surface area contributed by atoms with E-state index in [1.807, 2.05) is 0 Å². The molecule has 0 aliphatic rings. The first-order chi connectivity index (χ1) is 4.00. The summed E-state index contributed by atoms with van der Waals surface area (Å²) in [7, 11) is -7.83. The zero-order chi connectivity index (χ0) is 9.00. The second-order valence-corrected chi connectivity index (χ2v) is 4.22. The van der Waals surface area contributed by atoms with E-state index < -0.39 is 20.2 Å². The zero-order valence-corrected chi connectivity index (χ0v) is 11.1. The van der Waals surface area contributed by atoms with Gasteiger partial charge in [-0.2, -0.15) is 0 Å². The average molecular weight is 274 g/mol. The van der Waals surface area contributed by atoms with Crippen molar-refractivity contribution in [3.05, 3.63) is 0 Å². The molecule has 0 heterocycles. The monoisotopic (exact) mass is 272 g/mol. The van der Waals surface area contributed by atoms with Crippen LogP contribution in [-0.4, -0.2) is 43.9 Å². The molecule has 0 aromatic carbocycles. The third-order valence-electron chi connectivity index (χ3n) is 0. The Morgan fingerprint density at radius 3 is 0.833 bits per heavy atom. The van der Waals surface area contributed by atoms with Crippen LogP contribution in [-0.2, 0) is 39.7 Å². The minimum absolute atomic E-state index is 0. The van der Waals surface area contributed by atoms with Gasteiger partial charge in [-0.25, -0.2) is 16.8 Å². The van der Waals surface area contributed by atoms with E-state index in [-0.39, 0.29) is 25.0 Å². The smallest absolute Gasteiger partial charge is 0.748 e. The van der Waals surface area contributed by atoms with Crippen LogP contribution < -0.4 is 0 Å². The van der Waals surface area contributed by atoms with Crippen molar-refractivity contribution in [2.24, 2.45) is 0 Å². The van der Waals surface area contributed by atoms with Gasteiger partial charge in [0.15, 0.2) is 0 Å². The van der Waals surface area contributed by atoms with E-state index >= 15 is 0 Å². The second kappa shape index (κ2) is 8.02. The van der Waals surface area contributed by atoms with Crippen molar-refractivity contribution in [3.63, 3.8) is 0 Å². The fraction of sp³-hybridized carbons (Fsp3) is 1.00. The van der Waals surface area contributed by atoms with Crippen molar-refractivity contribution in [2.75, 3.05) is 12.5 Å². The van der Waals surface area contributed by atoms with Gasteiger partial charge in [-0.3, -0.25) is 0 Å². The summed E-state index contributed by atoms with van der Waals surface area (Å²) < 4.78 is 54.5. The van der Waals surface area contributed by atoms with E-state index in [1.165, 1.54) is 0 Å². The van der Waals surface area contributed by atoms with Gasteiger partial charge in [-0.15, -0.1) is 0 Å². The second-order valence-electron chi connectivity index (χ2n) is 1.41. The van der Waals surface area contributed by atoms with Crippen LogP contribution in [0.2, 0.25) is 0 Å². The van der Waals surface area contributed by atoms with Crippen LogP contribution in [0.1, 0.15) is 0 Å². The molecule has 0 aliphatic carbocycles. The molecule has 0 aliphatic heterocycles. The van der Waals surface area contributed by atoms with Crippen LogP contribution in [0.3, 0.4) is 0 Å². The van der Waals surface area contributed by atoms with E-state index in [0.29, 0.717) is 12.5 Å². The van der Waals surface area contributed by atoms with Gasteiger partial charge in [0, 0.05) is 12.5 Å². The molecule has 12 heavy (non-hydrogen) atoms. The first-order valence-electron chi connectivity index (χ1n) is 1.82. The van der Waals surface area contributed by atoms with Crippen LogP contribution in [0, 0.1) is 0 Å². The van der Waals surface area contributed by atoms with Crippen molar-refractivity contribution in [1.29, 1.82) is 0 Å². The summed E-state index contributed by atoms with van der Waals surface area (Å²) in [5.41, 5.74) is 0. The van der Waals surface area contributed by atoms with Crippen molar-refractivity contribution >= 4 is 20.2 Å². The summed E-state index contributed by atoms with van der Waals surface area (Å²) in [5.74, 6) is 0. The Hall–Kier alpha value is 0.403. The number of hydrogen-bond donors (Lipinski definition) is 0. The molecule has 0 rings (SSSR count). The van der Waals surface area contributed by atoms with E-state index in [4.69, 9.17) is 25.9 Å². The van der Waals surface area contributed by atoms with Crippen molar-refractivity contribution in [2.45, 2.75) is 0 Å². The van der Waals surface area contributed by atoms with E-state index in [1.54, 1.807) is 0 Å². The van der Waals surface area contributed by atoms with Gasteiger partial charge in [-0.1, -0.05) is 0 Å². The Kier molecular flexibility index (Phi) is 15.3.